The number of nitrogens with one attached hydrogen (secondary N) is 1. The fourth-order valence-electron chi connectivity index (χ4n) is 2.85. The number of nitrogens with zero attached hydrogens (tertiary/aromatic N) is 2. The second-order valence-corrected chi connectivity index (χ2v) is 9.81. The van der Waals surface area contributed by atoms with E-state index in [9.17, 15) is 13.2 Å². The van der Waals surface area contributed by atoms with Crippen LogP contribution in [0.3, 0.4) is 0 Å². The Morgan fingerprint density at radius 2 is 2.00 bits per heavy atom. The maximum atomic E-state index is 12.9. The van der Waals surface area contributed by atoms with Gasteiger partial charge in [-0.25, -0.2) is 13.4 Å². The molecule has 1 N–H and O–H groups in total. The molecule has 1 saturated heterocycles. The third kappa shape index (κ3) is 4.89. The minimum atomic E-state index is -3.69. The van der Waals surface area contributed by atoms with E-state index in [1.165, 1.54) is 28.2 Å². The molecule has 152 valence electrons. The van der Waals surface area contributed by atoms with Crippen LogP contribution in [0.15, 0.2) is 32.7 Å². The summed E-state index contributed by atoms with van der Waals surface area (Å²) in [6.07, 6.45) is 2.70. The third-order valence-corrected chi connectivity index (χ3v) is 7.69. The van der Waals surface area contributed by atoms with Crippen LogP contribution in [0.4, 0.5) is 5.69 Å². The number of carbonyl (C=O) groups is 1. The number of anilines is 1. The van der Waals surface area contributed by atoms with Gasteiger partial charge in [-0.2, -0.15) is 4.31 Å². The van der Waals surface area contributed by atoms with Crippen molar-refractivity contribution in [3.05, 3.63) is 34.7 Å². The molecule has 0 saturated carbocycles. The molecule has 10 heteroatoms. The van der Waals surface area contributed by atoms with Crippen LogP contribution < -0.4 is 5.32 Å². The summed E-state index contributed by atoms with van der Waals surface area (Å²) in [7, 11) is -3.69. The summed E-state index contributed by atoms with van der Waals surface area (Å²) in [5.74, 6) is 0.520. The van der Waals surface area contributed by atoms with Crippen molar-refractivity contribution >= 4 is 45.0 Å². The predicted octanol–water partition coefficient (Wildman–Crippen LogP) is 3.85. The minimum Gasteiger partial charge on any atom is -0.437 e. The van der Waals surface area contributed by atoms with Gasteiger partial charge in [0.1, 0.15) is 10.7 Å². The van der Waals surface area contributed by atoms with E-state index in [0.717, 1.165) is 25.0 Å². The number of sulfonamides is 1. The van der Waals surface area contributed by atoms with Crippen molar-refractivity contribution in [3.63, 3.8) is 0 Å². The van der Waals surface area contributed by atoms with Gasteiger partial charge < -0.3 is 9.73 Å². The molecule has 28 heavy (non-hydrogen) atoms. The van der Waals surface area contributed by atoms with E-state index >= 15 is 0 Å². The van der Waals surface area contributed by atoms with Gasteiger partial charge in [0.2, 0.25) is 15.9 Å². The fourth-order valence-corrected chi connectivity index (χ4v) is 5.58. The fraction of sp³-hybridized carbons (Fsp3) is 0.444. The lowest BCUT2D eigenvalue weighted by atomic mass is 10.2. The first-order valence-electron chi connectivity index (χ1n) is 8.94. The monoisotopic (exact) mass is 443 g/mol. The summed E-state index contributed by atoms with van der Waals surface area (Å²) in [4.78, 5) is 16.5. The Kier molecular flexibility index (Phi) is 6.69. The number of amides is 1. The topological polar surface area (TPSA) is 92.5 Å². The number of thioether (sulfide) groups is 1. The number of carbonyl (C=O) groups excluding carboxylic acids is 1. The summed E-state index contributed by atoms with van der Waals surface area (Å²) in [5.41, 5.74) is 1.17. The first-order valence-corrected chi connectivity index (χ1v) is 11.7. The van der Waals surface area contributed by atoms with Crippen molar-refractivity contribution in [2.24, 2.45) is 0 Å². The molecule has 1 amide bonds. The second kappa shape index (κ2) is 8.86. The molecular weight excluding hydrogens is 422 g/mol. The van der Waals surface area contributed by atoms with Gasteiger partial charge in [0.25, 0.3) is 5.22 Å². The van der Waals surface area contributed by atoms with Gasteiger partial charge in [-0.15, -0.1) is 0 Å². The Labute approximate surface area is 173 Å². The summed E-state index contributed by atoms with van der Waals surface area (Å²) in [6, 6.07) is 4.48. The highest BCUT2D eigenvalue weighted by Gasteiger charge is 2.28. The Hall–Kier alpha value is -1.55. The van der Waals surface area contributed by atoms with Gasteiger partial charge in [-0.1, -0.05) is 29.8 Å². The zero-order chi connectivity index (χ0) is 20.3. The molecule has 0 aliphatic carbocycles. The number of aryl methyl sites for hydroxylation is 2. The van der Waals surface area contributed by atoms with Gasteiger partial charge in [-0.3, -0.25) is 4.79 Å². The largest absolute Gasteiger partial charge is 0.437 e. The lowest BCUT2D eigenvalue weighted by Crippen LogP contribution is -2.35. The van der Waals surface area contributed by atoms with Gasteiger partial charge in [0, 0.05) is 18.8 Å². The van der Waals surface area contributed by atoms with Crippen molar-refractivity contribution in [2.45, 2.75) is 43.2 Å². The molecule has 0 radical (unpaired) electrons. The molecule has 0 spiro atoms. The van der Waals surface area contributed by atoms with E-state index in [1.54, 1.807) is 6.07 Å². The molecule has 3 rings (SSSR count). The second-order valence-electron chi connectivity index (χ2n) is 6.57. The van der Waals surface area contributed by atoms with E-state index in [1.807, 2.05) is 13.8 Å². The SMILES string of the molecule is Cc1nc(SCC(=O)Nc2ccc(Cl)c(S(=O)(=O)N3CCCCC3)c2)oc1C. The average Bonchev–Trinajstić information content (AvgIpc) is 3.00. The molecule has 0 bridgehead atoms. The standard InChI is InChI=1S/C18H22ClN3O4S2/c1-12-13(2)26-18(20-12)27-11-17(23)21-14-6-7-15(19)16(10-14)28(24,25)22-8-4-3-5-9-22/h6-7,10H,3-5,8-9,11H2,1-2H3,(H,21,23). The normalized spacial score (nSPS) is 15.5. The molecule has 2 aromatic rings. The number of halogens is 1. The first kappa shape index (κ1) is 21.2. The molecule has 0 unspecified atom stereocenters. The number of piperidine rings is 1. The van der Waals surface area contributed by atoms with Crippen molar-refractivity contribution in [3.8, 4) is 0 Å². The summed E-state index contributed by atoms with van der Waals surface area (Å²) >= 11 is 7.33. The maximum Gasteiger partial charge on any atom is 0.256 e. The Balaban J connectivity index is 1.69. The first-order chi connectivity index (χ1) is 13.3. The highest BCUT2D eigenvalue weighted by molar-refractivity contribution is 7.99. The number of oxazole rings is 1. The molecule has 7 nitrogen and oxygen atoms in total. The van der Waals surface area contributed by atoms with Crippen molar-refractivity contribution in [2.75, 3.05) is 24.2 Å². The molecule has 1 fully saturated rings. The summed E-state index contributed by atoms with van der Waals surface area (Å²) < 4.78 is 32.7. The van der Waals surface area contributed by atoms with Gasteiger partial charge >= 0.3 is 0 Å². The van der Waals surface area contributed by atoms with Crippen molar-refractivity contribution in [1.29, 1.82) is 0 Å². The highest BCUT2D eigenvalue weighted by atomic mass is 35.5. The van der Waals surface area contributed by atoms with Crippen molar-refractivity contribution in [1.82, 2.24) is 9.29 Å². The van der Waals surface area contributed by atoms with Crippen LogP contribution in [0, 0.1) is 13.8 Å². The van der Waals surface area contributed by atoms with Crippen LogP contribution in [0.5, 0.6) is 0 Å². The maximum absolute atomic E-state index is 12.9. The molecule has 2 heterocycles. The van der Waals surface area contributed by atoms with Crippen LogP contribution >= 0.6 is 23.4 Å². The molecule has 1 aromatic carbocycles. The third-order valence-electron chi connectivity index (χ3n) is 4.48. The Morgan fingerprint density at radius 1 is 1.29 bits per heavy atom. The molecule has 1 aliphatic rings. The number of benzene rings is 1. The minimum absolute atomic E-state index is 0.0143. The quantitative estimate of drug-likeness (QED) is 0.681. The van der Waals surface area contributed by atoms with Crippen molar-refractivity contribution < 1.29 is 17.6 Å². The van der Waals surface area contributed by atoms with E-state index < -0.39 is 10.0 Å². The average molecular weight is 444 g/mol. The van der Waals surface area contributed by atoms with Gasteiger partial charge in [0.15, 0.2) is 0 Å². The highest BCUT2D eigenvalue weighted by Crippen LogP contribution is 2.29. The summed E-state index contributed by atoms with van der Waals surface area (Å²) in [6.45, 7) is 4.62. The van der Waals surface area contributed by atoms with E-state index in [4.69, 9.17) is 16.0 Å². The van der Waals surface area contributed by atoms with Crippen LogP contribution in [-0.2, 0) is 14.8 Å². The Morgan fingerprint density at radius 3 is 2.64 bits per heavy atom. The van der Waals surface area contributed by atoms with Crippen LogP contribution in [0.2, 0.25) is 5.02 Å². The number of hydrogen-bond donors (Lipinski definition) is 1. The smallest absolute Gasteiger partial charge is 0.256 e. The predicted molar refractivity (Wildman–Crippen MR) is 109 cm³/mol. The van der Waals surface area contributed by atoms with Crippen LogP contribution in [0.25, 0.3) is 0 Å². The zero-order valence-electron chi connectivity index (χ0n) is 15.7. The molecular formula is C18H22ClN3O4S2. The molecule has 1 aromatic heterocycles. The van der Waals surface area contributed by atoms with Gasteiger partial charge in [0.05, 0.1) is 16.5 Å². The number of hydrogen-bond acceptors (Lipinski definition) is 6. The van der Waals surface area contributed by atoms with Gasteiger partial charge in [-0.05, 0) is 44.9 Å². The lowest BCUT2D eigenvalue weighted by Gasteiger charge is -2.26. The van der Waals surface area contributed by atoms with Crippen LogP contribution in [0.1, 0.15) is 30.7 Å². The summed E-state index contributed by atoms with van der Waals surface area (Å²) in [5, 5.41) is 3.27. The van der Waals surface area contributed by atoms with E-state index in [2.05, 4.69) is 10.3 Å². The zero-order valence-corrected chi connectivity index (χ0v) is 18.1. The van der Waals surface area contributed by atoms with E-state index in [0.29, 0.717) is 29.8 Å². The molecule has 1 aliphatic heterocycles. The lowest BCUT2D eigenvalue weighted by molar-refractivity contribution is -0.113. The Bertz CT molecular complexity index is 950. The number of rotatable bonds is 6. The van der Waals surface area contributed by atoms with Crippen LogP contribution in [-0.4, -0.2) is 42.5 Å². The number of aromatic nitrogens is 1. The van der Waals surface area contributed by atoms with E-state index in [-0.39, 0.29) is 21.6 Å². The molecule has 0 atom stereocenters.